The first-order valence-electron chi connectivity index (χ1n) is 54.1. The molecule has 0 amide bonds. The van der Waals surface area contributed by atoms with Crippen LogP contribution in [0, 0.1) is 23.7 Å². The van der Waals surface area contributed by atoms with E-state index in [0.29, 0.717) is 104 Å². The first kappa shape index (κ1) is 98.9. The van der Waals surface area contributed by atoms with E-state index in [1.807, 2.05) is 12.2 Å². The minimum absolute atomic E-state index is 0.0116. The van der Waals surface area contributed by atoms with Gasteiger partial charge in [0.2, 0.25) is 0 Å². The Bertz CT molecular complexity index is 6780. The predicted octanol–water partition coefficient (Wildman–Crippen LogP) is 24.0. The SMILES string of the molecule is C=CC[C@@H]1O[C@@H]2C[C@@H]3O[C@@H]4C[C@@H]5O[C@@H]6[C@@H](C)[C@H](C)[C@@]7(C[C@H](OCc8ccc9ccccc9c8)CO7)O[C@H]6[C@@H](OCc6ccc7ccccc7c6)[C@H](C)[C@H]5O[C@H]4C[C@@H](C)C[C@H]3O[C@@]2(C)[C@H](OCc2ccc3ccccc3c2)C[C@H]1O[C@H]1C=C[C@H]2O[C@H]3C[C@H]4O[C@H]5CC=C[C@H](/C=C/[C@@H](COCc6ccc7ccccc7c6)OCc6ccc7ccccc7c6)O[C@@H]5[C@@H](OCc5ccc6ccccc6c5)[C@@H]4O[C@@H]3C=C[C@@H]2O[C@@H]1CC=C. The second-order valence-corrected chi connectivity index (χ2v) is 43.8. The van der Waals surface area contributed by atoms with Crippen LogP contribution in [0.15, 0.2) is 329 Å². The third-order valence-corrected chi connectivity index (χ3v) is 33.9. The monoisotopic (exact) mass is 1980 g/mol. The van der Waals surface area contributed by atoms with Crippen LogP contribution in [0.4, 0.5) is 0 Å². The molecule has 0 N–H and O–H groups in total. The summed E-state index contributed by atoms with van der Waals surface area (Å²) in [6, 6.07) is 90.0. The van der Waals surface area contributed by atoms with Crippen LogP contribution in [0.2, 0.25) is 0 Å². The van der Waals surface area contributed by atoms with Gasteiger partial charge in [-0.3, -0.25) is 0 Å². The van der Waals surface area contributed by atoms with E-state index >= 15 is 0 Å². The van der Waals surface area contributed by atoms with E-state index in [-0.39, 0.29) is 78.6 Å². The molecule has 12 aromatic rings. The van der Waals surface area contributed by atoms with E-state index in [1.165, 1.54) is 43.1 Å². The van der Waals surface area contributed by atoms with Gasteiger partial charge in [-0.15, -0.1) is 13.2 Å². The summed E-state index contributed by atoms with van der Waals surface area (Å²) in [4.78, 5) is 0. The van der Waals surface area contributed by atoms with Gasteiger partial charge in [0.05, 0.1) is 169 Å². The lowest BCUT2D eigenvalue weighted by molar-refractivity contribution is -0.342. The molecule has 0 radical (unpaired) electrons. The third-order valence-electron chi connectivity index (χ3n) is 33.9. The normalized spacial score (nSPS) is 35.4. The van der Waals surface area contributed by atoms with E-state index in [2.05, 4.69) is 351 Å². The molecule has 764 valence electrons. The Morgan fingerprint density at radius 1 is 0.381 bits per heavy atom. The summed E-state index contributed by atoms with van der Waals surface area (Å²) >= 11 is 0. The number of rotatable bonds is 27. The Morgan fingerprint density at radius 3 is 1.46 bits per heavy atom. The average molecular weight is 1980 g/mol. The van der Waals surface area contributed by atoms with Crippen LogP contribution in [0.5, 0.6) is 0 Å². The molecule has 1 spiro atoms. The highest BCUT2D eigenvalue weighted by atomic mass is 16.7. The molecule has 12 aliphatic heterocycles. The predicted molar refractivity (Wildman–Crippen MR) is 569 cm³/mol. The van der Waals surface area contributed by atoms with Gasteiger partial charge in [0.15, 0.2) is 5.79 Å². The molecule has 0 saturated carbocycles. The van der Waals surface area contributed by atoms with Crippen molar-refractivity contribution in [3.8, 4) is 0 Å². The van der Waals surface area contributed by atoms with Gasteiger partial charge in [0.1, 0.15) is 54.4 Å². The second kappa shape index (κ2) is 43.7. The molecular formula is C128H138O19. The topological polar surface area (TPSA) is 175 Å². The van der Waals surface area contributed by atoms with Crippen molar-refractivity contribution in [3.63, 3.8) is 0 Å². The summed E-state index contributed by atoms with van der Waals surface area (Å²) in [5.74, 6) is -1.00. The Balaban J connectivity index is 0.478. The molecule has 24 rings (SSSR count). The molecule has 33 atom stereocenters. The summed E-state index contributed by atoms with van der Waals surface area (Å²) in [6.45, 7) is 23.2. The molecule has 19 nitrogen and oxygen atoms in total. The second-order valence-electron chi connectivity index (χ2n) is 43.8. The summed E-state index contributed by atoms with van der Waals surface area (Å²) in [6.07, 6.45) is 14.7. The molecule has 12 aliphatic rings. The van der Waals surface area contributed by atoms with Crippen LogP contribution < -0.4 is 0 Å². The molecular weight excluding hydrogens is 1840 g/mol. The van der Waals surface area contributed by atoms with E-state index in [4.69, 9.17) is 90.0 Å². The standard InChI is InChI=1S/C128H138O19/c1-8-23-103-105(53-54-107-106(137-103)55-56-108-111(138-107)65-117-124(143-108)125(134-75-87-44-50-93-30-15-21-36-99(93)64-87)123-109(140-117)38-22-37-100(136-123)51-52-101(130-71-83-40-46-89-26-11-17-32-95(89)60-83)76-129-70-82-39-45-88-25-10-16-31-94(88)59-82)139-113-67-118(132-73-85-42-48-91-28-13-19-34-97(91)62-85)127(7)119(142-104(113)24-9-2)68-114-115(146-127)58-78(3)57-110-112(141-114)66-116-120(144-110)80(5)121(133-74-86-43-49-92-29-14-20-35-98(92)63-86)126-122(145-116)79(4)81(6)128(147-126)69-102(77-135-128)131-72-84-41-47-90-27-12-18-33-96(90)61-84/h8-22,25-37,39-56,59-64,78-81,100-126H,1-2,23-24,38,57-58,65-77H2,3-7H3/b52-51+/t78-,79+,80-,81+,100-,101+,102+,103-,104+,105+,106+,107-,108-,109+,110+,111+,112-,113-,114+,115-,116+,117-,118-,119-,120-,121+,122-,123+,124-,125-,126+,127+,128-/m1/s1. The third kappa shape index (κ3) is 21.2. The Morgan fingerprint density at radius 2 is 0.864 bits per heavy atom. The van der Waals surface area contributed by atoms with E-state index in [0.717, 1.165) is 67.8 Å². The summed E-state index contributed by atoms with van der Waals surface area (Å²) in [5.41, 5.74) is 5.50. The largest absolute Gasteiger partial charge is 0.374 e. The number of hydrogen-bond acceptors (Lipinski definition) is 19. The van der Waals surface area contributed by atoms with Gasteiger partial charge in [-0.2, -0.15) is 0 Å². The van der Waals surface area contributed by atoms with Crippen LogP contribution in [0.25, 0.3) is 64.6 Å². The van der Waals surface area contributed by atoms with E-state index in [1.54, 1.807) is 0 Å². The highest BCUT2D eigenvalue weighted by Gasteiger charge is 2.64. The van der Waals surface area contributed by atoms with Gasteiger partial charge in [-0.1, -0.05) is 307 Å². The quantitative estimate of drug-likeness (QED) is 0.0444. The lowest BCUT2D eigenvalue weighted by atomic mass is 9.75. The smallest absolute Gasteiger partial charge is 0.174 e. The maximum Gasteiger partial charge on any atom is 0.174 e. The van der Waals surface area contributed by atoms with Crippen molar-refractivity contribution in [1.29, 1.82) is 0 Å². The zero-order chi connectivity index (χ0) is 99.2. The molecule has 9 saturated heterocycles. The Labute approximate surface area is 863 Å². The average Bonchev–Trinajstić information content (AvgIpc) is 1.62. The lowest BCUT2D eigenvalue weighted by Gasteiger charge is -2.53. The fourth-order valence-electron chi connectivity index (χ4n) is 25.8. The maximum atomic E-state index is 7.91. The number of fused-ring (bicyclic) bond motifs is 15. The molecule has 12 heterocycles. The van der Waals surface area contributed by atoms with Crippen molar-refractivity contribution in [2.24, 2.45) is 23.7 Å². The minimum Gasteiger partial charge on any atom is -0.374 e. The van der Waals surface area contributed by atoms with Crippen LogP contribution >= 0.6 is 0 Å². The number of hydrogen-bond donors (Lipinski definition) is 0. The zero-order valence-corrected chi connectivity index (χ0v) is 84.8. The van der Waals surface area contributed by atoms with Crippen molar-refractivity contribution in [3.05, 3.63) is 362 Å². The molecule has 0 bridgehead atoms. The molecule has 19 heteroatoms. The molecule has 9 fully saturated rings. The summed E-state index contributed by atoms with van der Waals surface area (Å²) in [5, 5.41) is 14.1. The van der Waals surface area contributed by atoms with Crippen LogP contribution in [0.3, 0.4) is 0 Å². The van der Waals surface area contributed by atoms with Crippen LogP contribution in [-0.2, 0) is 130 Å². The van der Waals surface area contributed by atoms with Crippen molar-refractivity contribution < 1.29 is 90.0 Å². The lowest BCUT2D eigenvalue weighted by Crippen LogP contribution is -2.64. The van der Waals surface area contributed by atoms with Crippen LogP contribution in [-0.4, -0.2) is 189 Å². The Hall–Kier alpha value is -10.1. The molecule has 12 aromatic carbocycles. The highest BCUT2D eigenvalue weighted by molar-refractivity contribution is 5.87. The first-order valence-corrected chi connectivity index (χ1v) is 54.1. The number of ether oxygens (including phenoxy) is 19. The van der Waals surface area contributed by atoms with Gasteiger partial charge in [-0.05, 0) is 185 Å². The van der Waals surface area contributed by atoms with Crippen molar-refractivity contribution >= 4 is 64.6 Å². The minimum atomic E-state index is -0.984. The fraction of sp³-hybridized carbons (Fsp3) is 0.438. The van der Waals surface area contributed by atoms with Crippen molar-refractivity contribution in [1.82, 2.24) is 0 Å². The maximum absolute atomic E-state index is 7.91. The summed E-state index contributed by atoms with van der Waals surface area (Å²) in [7, 11) is 0. The van der Waals surface area contributed by atoms with Gasteiger partial charge in [0, 0.05) is 43.9 Å². The van der Waals surface area contributed by atoms with Crippen molar-refractivity contribution in [2.45, 2.75) is 315 Å². The fourth-order valence-corrected chi connectivity index (χ4v) is 25.8. The highest BCUT2D eigenvalue weighted by Crippen LogP contribution is 2.54. The van der Waals surface area contributed by atoms with Gasteiger partial charge < -0.3 is 90.0 Å². The number of benzene rings is 12. The van der Waals surface area contributed by atoms with Crippen molar-refractivity contribution in [2.75, 3.05) is 13.2 Å². The van der Waals surface area contributed by atoms with E-state index in [9.17, 15) is 0 Å². The van der Waals surface area contributed by atoms with Gasteiger partial charge in [-0.25, -0.2) is 0 Å². The molecule has 147 heavy (non-hydrogen) atoms. The zero-order valence-electron chi connectivity index (χ0n) is 84.8. The Kier molecular flexibility index (Phi) is 29.4. The first-order chi connectivity index (χ1) is 72.0. The van der Waals surface area contributed by atoms with Crippen LogP contribution in [0.1, 0.15) is 132 Å². The van der Waals surface area contributed by atoms with Gasteiger partial charge >= 0.3 is 0 Å². The molecule has 0 unspecified atom stereocenters. The molecule has 0 aliphatic carbocycles. The van der Waals surface area contributed by atoms with E-state index < -0.39 is 121 Å². The molecule has 0 aromatic heterocycles. The van der Waals surface area contributed by atoms with Gasteiger partial charge in [0.25, 0.3) is 0 Å². The summed E-state index contributed by atoms with van der Waals surface area (Å²) < 4.78 is 141.